The van der Waals surface area contributed by atoms with Crippen LogP contribution in [0.2, 0.25) is 0 Å². The smallest absolute Gasteiger partial charge is 0.240 e. The number of nitrogens with zero attached hydrogens (tertiary/aromatic N) is 4. The molecule has 5 atom stereocenters. The molecule has 6 rings (SSSR count). The zero-order chi connectivity index (χ0) is 32.9. The van der Waals surface area contributed by atoms with Gasteiger partial charge >= 0.3 is 0 Å². The van der Waals surface area contributed by atoms with Crippen molar-refractivity contribution in [2.75, 3.05) is 13.1 Å². The number of aromatic amines is 1. The van der Waals surface area contributed by atoms with Crippen LogP contribution in [0, 0.1) is 17.6 Å². The van der Waals surface area contributed by atoms with Crippen LogP contribution in [0.4, 0.5) is 13.2 Å². The quantitative estimate of drug-likeness (QED) is 0.246. The molecule has 0 aliphatic carbocycles. The summed E-state index contributed by atoms with van der Waals surface area (Å²) in [5, 5.41) is 0.782. The molecule has 0 radical (unpaired) electrons. The van der Waals surface area contributed by atoms with Gasteiger partial charge in [0, 0.05) is 42.5 Å². The van der Waals surface area contributed by atoms with E-state index in [0.29, 0.717) is 47.5 Å². The van der Waals surface area contributed by atoms with Gasteiger partial charge in [0.2, 0.25) is 11.8 Å². The molecule has 0 bridgehead atoms. The van der Waals surface area contributed by atoms with Crippen molar-refractivity contribution >= 4 is 33.8 Å². The van der Waals surface area contributed by atoms with Crippen molar-refractivity contribution in [3.05, 3.63) is 53.6 Å². The highest BCUT2D eigenvalue weighted by molar-refractivity contribution is 5.92. The van der Waals surface area contributed by atoms with Crippen LogP contribution in [0.5, 0.6) is 0 Å². The number of hydrogen-bond donors (Lipinski definition) is 3. The summed E-state index contributed by atoms with van der Waals surface area (Å²) in [5.41, 5.74) is 15.4. The number of carbonyl (C=O) groups excluding carboxylic acids is 2. The number of halogens is 3. The minimum atomic E-state index is -1.21. The van der Waals surface area contributed by atoms with Crippen LogP contribution in [0.15, 0.2) is 36.4 Å². The molecule has 2 saturated heterocycles. The van der Waals surface area contributed by atoms with E-state index in [0.717, 1.165) is 23.8 Å². The number of aromatic nitrogens is 3. The Kier molecular flexibility index (Phi) is 8.86. The number of fused-ring (bicyclic) bond motifs is 2. The minimum Gasteiger partial charge on any atom is -0.352 e. The van der Waals surface area contributed by atoms with Gasteiger partial charge in [0.25, 0.3) is 0 Å². The monoisotopic (exact) mass is 637 g/mol. The number of benzene rings is 2. The Hall–Kier alpha value is -3.90. The Morgan fingerprint density at radius 2 is 1.78 bits per heavy atom. The average Bonchev–Trinajstić information content (AvgIpc) is 3.80. The fraction of sp³-hybridized carbons (Fsp3) is 0.500. The van der Waals surface area contributed by atoms with Crippen LogP contribution in [-0.4, -0.2) is 79.6 Å². The number of likely N-dealkylation sites (tertiary alicyclic amines) is 2. The van der Waals surface area contributed by atoms with E-state index in [4.69, 9.17) is 16.5 Å². The second-order valence-electron chi connectivity index (χ2n) is 13.1. The predicted octanol–water partition coefficient (Wildman–Crippen LogP) is 4.66. The molecular formula is C34H42F3N7O2. The Balaban J connectivity index is 1.46. The lowest BCUT2D eigenvalue weighted by Crippen LogP contribution is -2.49. The minimum absolute atomic E-state index is 0.0527. The third-order valence-corrected chi connectivity index (χ3v) is 9.70. The lowest BCUT2D eigenvalue weighted by Gasteiger charge is -2.29. The Morgan fingerprint density at radius 3 is 2.52 bits per heavy atom. The second kappa shape index (κ2) is 12.7. The van der Waals surface area contributed by atoms with Crippen LogP contribution in [0.3, 0.4) is 0 Å². The molecule has 0 unspecified atom stereocenters. The lowest BCUT2D eigenvalue weighted by atomic mass is 9.99. The zero-order valence-corrected chi connectivity index (χ0v) is 26.5. The maximum absolute atomic E-state index is 14.9. The molecule has 2 aromatic carbocycles. The van der Waals surface area contributed by atoms with Gasteiger partial charge in [-0.05, 0) is 67.5 Å². The Bertz CT molecular complexity index is 1770. The fourth-order valence-electron chi connectivity index (χ4n) is 7.06. The molecule has 12 heteroatoms. The molecule has 0 spiro atoms. The van der Waals surface area contributed by atoms with Gasteiger partial charge in [0.15, 0.2) is 5.82 Å². The molecule has 2 fully saturated rings. The predicted molar refractivity (Wildman–Crippen MR) is 171 cm³/mol. The number of carbonyl (C=O) groups is 2. The summed E-state index contributed by atoms with van der Waals surface area (Å²) in [6.45, 7) is 6.33. The number of rotatable bonds is 9. The molecule has 2 aliphatic rings. The summed E-state index contributed by atoms with van der Waals surface area (Å²) in [7, 11) is 0. The van der Waals surface area contributed by atoms with Crippen molar-refractivity contribution in [3.8, 4) is 11.5 Å². The first-order valence-electron chi connectivity index (χ1n) is 16.2. The zero-order valence-electron chi connectivity index (χ0n) is 26.5. The number of imidazole rings is 1. The van der Waals surface area contributed by atoms with Crippen LogP contribution >= 0.6 is 0 Å². The standard InChI is InChI=1S/C34H42F3N7O2/c1-4-26(38)33(45)42-11-5-6-22(42)15-25-24-9-7-19(35)13-27(24)40-31(25)32-41-28-14-20(36)8-10-29(28)44(32)17-23-12-21(37)16-43(23)34(46)30(39)18(2)3/h7-10,13-14,18,21-23,26,30,40H,4-6,11-12,15-17,38-39H2,1-3H3/t21-,22-,23-,26-,30-/m0/s1. The van der Waals surface area contributed by atoms with Gasteiger partial charge in [0.05, 0.1) is 41.4 Å². The fourth-order valence-corrected chi connectivity index (χ4v) is 7.06. The van der Waals surface area contributed by atoms with Gasteiger partial charge in [-0.1, -0.05) is 20.8 Å². The number of hydrogen-bond acceptors (Lipinski definition) is 5. The normalized spacial score (nSPS) is 21.6. The third-order valence-electron chi connectivity index (χ3n) is 9.70. The lowest BCUT2D eigenvalue weighted by molar-refractivity contribution is -0.135. The van der Waals surface area contributed by atoms with Crippen LogP contribution in [0.25, 0.3) is 33.5 Å². The van der Waals surface area contributed by atoms with Crippen molar-refractivity contribution in [2.45, 2.75) is 89.8 Å². The molecule has 4 heterocycles. The van der Waals surface area contributed by atoms with Crippen LogP contribution in [-0.2, 0) is 22.6 Å². The largest absolute Gasteiger partial charge is 0.352 e. The molecule has 4 aromatic rings. The molecule has 9 nitrogen and oxygen atoms in total. The number of H-pyrrole nitrogens is 1. The van der Waals surface area contributed by atoms with Gasteiger partial charge in [-0.3, -0.25) is 9.59 Å². The van der Waals surface area contributed by atoms with Gasteiger partial charge in [-0.2, -0.15) is 0 Å². The summed E-state index contributed by atoms with van der Waals surface area (Å²) in [6.07, 6.45) is 1.53. The summed E-state index contributed by atoms with van der Waals surface area (Å²) >= 11 is 0. The van der Waals surface area contributed by atoms with Gasteiger partial charge < -0.3 is 30.8 Å². The SMILES string of the molecule is CC[C@H](N)C(=O)N1CCC[C@H]1Cc1c(-c2nc3cc(F)ccc3n2C[C@@H]2C[C@H](F)CN2C(=O)[C@@H](N)C(C)C)[nH]c2cc(F)ccc12. The second-order valence-corrected chi connectivity index (χ2v) is 13.1. The first-order chi connectivity index (χ1) is 22.0. The van der Waals surface area contributed by atoms with E-state index in [-0.39, 0.29) is 43.3 Å². The number of nitrogens with one attached hydrogen (secondary N) is 1. The highest BCUT2D eigenvalue weighted by Crippen LogP contribution is 2.37. The Morgan fingerprint density at radius 1 is 1.04 bits per heavy atom. The molecule has 2 aliphatic heterocycles. The number of amides is 2. The van der Waals surface area contributed by atoms with E-state index in [2.05, 4.69) is 4.98 Å². The van der Waals surface area contributed by atoms with E-state index in [9.17, 15) is 22.8 Å². The Labute approximate surface area is 266 Å². The van der Waals surface area contributed by atoms with Crippen LogP contribution < -0.4 is 11.5 Å². The summed E-state index contributed by atoms with van der Waals surface area (Å²) in [4.78, 5) is 38.2. The van der Waals surface area contributed by atoms with Crippen molar-refractivity contribution in [1.82, 2.24) is 24.3 Å². The van der Waals surface area contributed by atoms with Gasteiger partial charge in [0.1, 0.15) is 17.8 Å². The molecule has 2 aromatic heterocycles. The van der Waals surface area contributed by atoms with Gasteiger partial charge in [-0.25, -0.2) is 18.2 Å². The molecule has 2 amide bonds. The molecule has 0 saturated carbocycles. The average molecular weight is 638 g/mol. The highest BCUT2D eigenvalue weighted by Gasteiger charge is 2.39. The molecular weight excluding hydrogens is 595 g/mol. The maximum Gasteiger partial charge on any atom is 0.240 e. The first-order valence-corrected chi connectivity index (χ1v) is 16.2. The van der Waals surface area contributed by atoms with Crippen molar-refractivity contribution in [2.24, 2.45) is 17.4 Å². The third kappa shape index (κ3) is 5.88. The van der Waals surface area contributed by atoms with Crippen molar-refractivity contribution < 1.29 is 22.8 Å². The van der Waals surface area contributed by atoms with E-state index in [1.165, 1.54) is 29.2 Å². The van der Waals surface area contributed by atoms with Crippen molar-refractivity contribution in [3.63, 3.8) is 0 Å². The van der Waals surface area contributed by atoms with E-state index >= 15 is 0 Å². The van der Waals surface area contributed by atoms with E-state index < -0.39 is 35.9 Å². The van der Waals surface area contributed by atoms with Gasteiger partial charge in [-0.15, -0.1) is 0 Å². The molecule has 46 heavy (non-hydrogen) atoms. The number of alkyl halides is 1. The topological polar surface area (TPSA) is 126 Å². The van der Waals surface area contributed by atoms with Crippen LogP contribution in [0.1, 0.15) is 52.0 Å². The summed E-state index contributed by atoms with van der Waals surface area (Å²) < 4.78 is 45.8. The first kappa shape index (κ1) is 32.1. The summed E-state index contributed by atoms with van der Waals surface area (Å²) in [5.74, 6) is -0.940. The maximum atomic E-state index is 14.9. The summed E-state index contributed by atoms with van der Waals surface area (Å²) in [6, 6.07) is 6.83. The van der Waals surface area contributed by atoms with E-state index in [1.807, 2.05) is 30.2 Å². The number of nitrogens with two attached hydrogens (primary N) is 2. The molecule has 5 N–H and O–H groups in total. The van der Waals surface area contributed by atoms with E-state index in [1.54, 1.807) is 12.1 Å². The van der Waals surface area contributed by atoms with Crippen molar-refractivity contribution in [1.29, 1.82) is 0 Å². The highest BCUT2D eigenvalue weighted by atomic mass is 19.1. The molecule has 246 valence electrons.